The second-order valence-electron chi connectivity index (χ2n) is 10.5. The minimum atomic E-state index is -4.78. The van der Waals surface area contributed by atoms with E-state index in [1.807, 2.05) is 18.7 Å². The number of halogens is 3. The summed E-state index contributed by atoms with van der Waals surface area (Å²) in [5.74, 6) is -0.782. The maximum absolute atomic E-state index is 13.5. The first-order valence-electron chi connectivity index (χ1n) is 13.9. The average molecular weight is 612 g/mol. The van der Waals surface area contributed by atoms with Crippen LogP contribution in [0.1, 0.15) is 40.3 Å². The molecule has 1 fully saturated rings. The Balaban J connectivity index is 1.80. The summed E-state index contributed by atoms with van der Waals surface area (Å²) in [5.41, 5.74) is -1.83. The molecule has 0 radical (unpaired) electrons. The smallest absolute Gasteiger partial charge is 0.433 e. The molecule has 0 aromatic carbocycles. The molecule has 13 nitrogen and oxygen atoms in total. The molecule has 42 heavy (non-hydrogen) atoms. The SMILES string of the molecule is CCN(CC)C[C@H]1OC[C@H](Nc2nc(OCCOCCOCCNC(=O)OC(C)(C)C)cc(C(F)(F)F)n2)[C@@H](O)[C@H]1O. The molecule has 242 valence electrons. The van der Waals surface area contributed by atoms with E-state index in [4.69, 9.17) is 23.7 Å². The average Bonchev–Trinajstić information content (AvgIpc) is 2.90. The zero-order valence-corrected chi connectivity index (χ0v) is 24.8. The molecule has 1 aliphatic rings. The number of amides is 1. The Morgan fingerprint density at radius 1 is 1.05 bits per heavy atom. The van der Waals surface area contributed by atoms with Crippen LogP contribution in [0.4, 0.5) is 23.9 Å². The molecule has 1 amide bonds. The van der Waals surface area contributed by atoms with Crippen LogP contribution >= 0.6 is 0 Å². The maximum atomic E-state index is 13.5. The van der Waals surface area contributed by atoms with Gasteiger partial charge in [0.1, 0.15) is 24.4 Å². The summed E-state index contributed by atoms with van der Waals surface area (Å²) < 4.78 is 67.3. The van der Waals surface area contributed by atoms with Crippen LogP contribution < -0.4 is 15.4 Å². The van der Waals surface area contributed by atoms with E-state index in [9.17, 15) is 28.2 Å². The molecule has 0 unspecified atom stereocenters. The highest BCUT2D eigenvalue weighted by molar-refractivity contribution is 5.67. The topological polar surface area (TPSA) is 157 Å². The van der Waals surface area contributed by atoms with Crippen LogP contribution in [-0.4, -0.2) is 127 Å². The van der Waals surface area contributed by atoms with Crippen molar-refractivity contribution in [1.29, 1.82) is 0 Å². The van der Waals surface area contributed by atoms with Crippen LogP contribution in [0.5, 0.6) is 5.88 Å². The lowest BCUT2D eigenvalue weighted by molar-refractivity contribution is -0.146. The van der Waals surface area contributed by atoms with Gasteiger partial charge >= 0.3 is 12.3 Å². The van der Waals surface area contributed by atoms with Crippen LogP contribution in [-0.2, 0) is 25.1 Å². The van der Waals surface area contributed by atoms with Gasteiger partial charge in [0, 0.05) is 19.2 Å². The van der Waals surface area contributed by atoms with Gasteiger partial charge in [0.15, 0.2) is 5.69 Å². The van der Waals surface area contributed by atoms with Crippen molar-refractivity contribution in [2.75, 3.05) is 71.1 Å². The van der Waals surface area contributed by atoms with Crippen molar-refractivity contribution in [1.82, 2.24) is 20.2 Å². The Hall–Kier alpha value is -2.50. The molecule has 1 saturated heterocycles. The molecule has 1 aromatic heterocycles. The fourth-order valence-corrected chi connectivity index (χ4v) is 3.85. The third-order valence-corrected chi connectivity index (χ3v) is 6.04. The number of ether oxygens (including phenoxy) is 5. The molecule has 0 bridgehead atoms. The van der Waals surface area contributed by atoms with Gasteiger partial charge in [-0.05, 0) is 33.9 Å². The number of anilines is 1. The second kappa shape index (κ2) is 17.0. The molecular formula is C26H44F3N5O8. The van der Waals surface area contributed by atoms with E-state index in [0.717, 1.165) is 13.1 Å². The quantitative estimate of drug-likeness (QED) is 0.201. The number of nitrogens with zero attached hydrogens (tertiary/aromatic N) is 3. The van der Waals surface area contributed by atoms with Crippen molar-refractivity contribution in [3.8, 4) is 5.88 Å². The minimum Gasteiger partial charge on any atom is -0.475 e. The number of hydrogen-bond donors (Lipinski definition) is 4. The Kier molecular flexibility index (Phi) is 14.4. The summed E-state index contributed by atoms with van der Waals surface area (Å²) in [7, 11) is 0. The summed E-state index contributed by atoms with van der Waals surface area (Å²) in [6.07, 6.45) is -8.57. The summed E-state index contributed by atoms with van der Waals surface area (Å²) in [6.45, 7) is 11.8. The number of alkyl halides is 3. The van der Waals surface area contributed by atoms with E-state index >= 15 is 0 Å². The monoisotopic (exact) mass is 611 g/mol. The molecule has 4 N–H and O–H groups in total. The van der Waals surface area contributed by atoms with Gasteiger partial charge in [-0.1, -0.05) is 13.8 Å². The standard InChI is InChI=1S/C26H44F3N5O8/c1-6-34(7-2)15-18-22(36)21(35)17(16-41-18)31-23-32-19(26(27,28)29)14-20(33-23)40-13-12-39-11-10-38-9-8-30-24(37)42-25(3,4)5/h14,17-18,21-22,35-36H,6-13,15-16H2,1-5H3,(H,30,37)(H,31,32,33)/t17-,18+,21+,22-/m0/s1. The van der Waals surface area contributed by atoms with Crippen molar-refractivity contribution >= 4 is 12.0 Å². The van der Waals surface area contributed by atoms with E-state index in [2.05, 4.69) is 20.6 Å². The molecule has 1 aromatic rings. The number of carbonyl (C=O) groups excluding carboxylic acids is 1. The number of hydrogen-bond acceptors (Lipinski definition) is 12. The van der Waals surface area contributed by atoms with Gasteiger partial charge in [-0.25, -0.2) is 9.78 Å². The Bertz CT molecular complexity index is 949. The fourth-order valence-electron chi connectivity index (χ4n) is 3.85. The molecule has 16 heteroatoms. The van der Waals surface area contributed by atoms with Crippen molar-refractivity contribution in [3.05, 3.63) is 11.8 Å². The van der Waals surface area contributed by atoms with E-state index < -0.39 is 53.9 Å². The number of nitrogens with one attached hydrogen (secondary N) is 2. The first kappa shape index (κ1) is 35.7. The number of aliphatic hydroxyl groups is 2. The zero-order chi connectivity index (χ0) is 31.3. The molecule has 2 rings (SSSR count). The molecule has 4 atom stereocenters. The minimum absolute atomic E-state index is 0.0446. The summed E-state index contributed by atoms with van der Waals surface area (Å²) >= 11 is 0. The van der Waals surface area contributed by atoms with Crippen molar-refractivity contribution < 1.29 is 51.9 Å². The van der Waals surface area contributed by atoms with E-state index in [1.54, 1.807) is 20.8 Å². The molecule has 0 spiro atoms. The third-order valence-electron chi connectivity index (χ3n) is 6.04. The van der Waals surface area contributed by atoms with Gasteiger partial charge in [0.05, 0.1) is 45.2 Å². The Labute approximate surface area is 244 Å². The van der Waals surface area contributed by atoms with Gasteiger partial charge in [-0.2, -0.15) is 18.2 Å². The Morgan fingerprint density at radius 2 is 1.69 bits per heavy atom. The van der Waals surface area contributed by atoms with Crippen molar-refractivity contribution in [2.45, 2.75) is 70.7 Å². The van der Waals surface area contributed by atoms with Gasteiger partial charge < -0.3 is 49.4 Å². The zero-order valence-electron chi connectivity index (χ0n) is 24.8. The molecular weight excluding hydrogens is 567 g/mol. The van der Waals surface area contributed by atoms with Crippen molar-refractivity contribution in [2.24, 2.45) is 0 Å². The summed E-state index contributed by atoms with van der Waals surface area (Å²) in [4.78, 5) is 21.0. The van der Waals surface area contributed by atoms with Gasteiger partial charge in [0.25, 0.3) is 0 Å². The molecule has 0 saturated carbocycles. The van der Waals surface area contributed by atoms with E-state index in [0.29, 0.717) is 12.6 Å². The number of likely N-dealkylation sites (N-methyl/N-ethyl adjacent to an activating group) is 1. The van der Waals surface area contributed by atoms with Crippen LogP contribution in [0.15, 0.2) is 6.07 Å². The lowest BCUT2D eigenvalue weighted by Gasteiger charge is -2.39. The second-order valence-corrected chi connectivity index (χ2v) is 10.5. The number of rotatable bonds is 16. The number of alkyl carbamates (subject to hydrolysis) is 1. The van der Waals surface area contributed by atoms with Crippen LogP contribution in [0, 0.1) is 0 Å². The Morgan fingerprint density at radius 3 is 2.31 bits per heavy atom. The third kappa shape index (κ3) is 12.8. The van der Waals surface area contributed by atoms with Gasteiger partial charge in [0.2, 0.25) is 11.8 Å². The molecule has 1 aliphatic heterocycles. The number of aliphatic hydroxyl groups excluding tert-OH is 2. The lowest BCUT2D eigenvalue weighted by Crippen LogP contribution is -2.58. The highest BCUT2D eigenvalue weighted by atomic mass is 19.4. The lowest BCUT2D eigenvalue weighted by atomic mass is 9.97. The van der Waals surface area contributed by atoms with E-state index in [-0.39, 0.29) is 52.1 Å². The number of aromatic nitrogens is 2. The predicted molar refractivity (Wildman–Crippen MR) is 145 cm³/mol. The first-order valence-corrected chi connectivity index (χ1v) is 13.9. The predicted octanol–water partition coefficient (Wildman–Crippen LogP) is 1.68. The fraction of sp³-hybridized carbons (Fsp3) is 0.808. The van der Waals surface area contributed by atoms with E-state index in [1.165, 1.54) is 0 Å². The van der Waals surface area contributed by atoms with Crippen LogP contribution in [0.25, 0.3) is 0 Å². The first-order chi connectivity index (χ1) is 19.7. The number of carbonyl (C=O) groups is 1. The van der Waals surface area contributed by atoms with Crippen LogP contribution in [0.2, 0.25) is 0 Å². The molecule has 0 aliphatic carbocycles. The highest BCUT2D eigenvalue weighted by Gasteiger charge is 2.40. The van der Waals surface area contributed by atoms with Crippen molar-refractivity contribution in [3.63, 3.8) is 0 Å². The highest BCUT2D eigenvalue weighted by Crippen LogP contribution is 2.31. The summed E-state index contributed by atoms with van der Waals surface area (Å²) in [6, 6.07) is -0.290. The van der Waals surface area contributed by atoms with Crippen LogP contribution in [0.3, 0.4) is 0 Å². The molecule has 2 heterocycles. The van der Waals surface area contributed by atoms with Gasteiger partial charge in [-0.3, -0.25) is 0 Å². The van der Waals surface area contributed by atoms with Gasteiger partial charge in [-0.15, -0.1) is 0 Å². The summed E-state index contributed by atoms with van der Waals surface area (Å²) in [5, 5.41) is 26.3. The normalized spacial score (nSPS) is 21.3. The largest absolute Gasteiger partial charge is 0.475 e. The maximum Gasteiger partial charge on any atom is 0.433 e.